The second kappa shape index (κ2) is 2.13. The number of ether oxygens (including phenoxy) is 1. The van der Waals surface area contributed by atoms with E-state index < -0.39 is 0 Å². The molecule has 0 saturated carbocycles. The van der Waals surface area contributed by atoms with E-state index in [1.165, 1.54) is 0 Å². The maximum Gasteiger partial charge on any atom is 0.248 e. The molecule has 1 fully saturated rings. The first kappa shape index (κ1) is 5.56. The molecule has 1 aliphatic rings. The average molecular weight is 115 g/mol. The van der Waals surface area contributed by atoms with Crippen LogP contribution in [0.3, 0.4) is 0 Å². The molecule has 46 valence electrons. The van der Waals surface area contributed by atoms with Crippen LogP contribution in [-0.2, 0) is 9.53 Å². The summed E-state index contributed by atoms with van der Waals surface area (Å²) < 4.78 is 4.98. The first-order valence-electron chi connectivity index (χ1n) is 2.70. The molecule has 0 bridgehead atoms. The van der Waals surface area contributed by atoms with Crippen LogP contribution in [0.4, 0.5) is 0 Å². The minimum Gasteiger partial charge on any atom is -0.367 e. The van der Waals surface area contributed by atoms with E-state index in [1.807, 2.05) is 0 Å². The van der Waals surface area contributed by atoms with Crippen LogP contribution < -0.4 is 5.32 Å². The third-order valence-electron chi connectivity index (χ3n) is 1.14. The van der Waals surface area contributed by atoms with E-state index in [-0.39, 0.29) is 12.0 Å². The fraction of sp³-hybridized carbons (Fsp3) is 0.800. The summed E-state index contributed by atoms with van der Waals surface area (Å²) in [4.78, 5) is 10.6. The predicted molar refractivity (Wildman–Crippen MR) is 28.4 cm³/mol. The summed E-state index contributed by atoms with van der Waals surface area (Å²) in [5.41, 5.74) is 0. The van der Waals surface area contributed by atoms with Crippen molar-refractivity contribution in [2.24, 2.45) is 0 Å². The molecule has 0 aliphatic carbocycles. The minimum absolute atomic E-state index is 0.00347. The van der Waals surface area contributed by atoms with Crippen molar-refractivity contribution in [2.45, 2.75) is 13.0 Å². The smallest absolute Gasteiger partial charge is 0.248 e. The highest BCUT2D eigenvalue weighted by Crippen LogP contribution is 1.93. The van der Waals surface area contributed by atoms with Crippen LogP contribution in [0.1, 0.15) is 6.92 Å². The van der Waals surface area contributed by atoms with Gasteiger partial charge in [0.2, 0.25) is 5.91 Å². The van der Waals surface area contributed by atoms with Gasteiger partial charge in [0.05, 0.1) is 6.61 Å². The summed E-state index contributed by atoms with van der Waals surface area (Å²) in [7, 11) is 0. The lowest BCUT2D eigenvalue weighted by Gasteiger charge is -2.18. The van der Waals surface area contributed by atoms with Crippen LogP contribution in [0.15, 0.2) is 0 Å². The highest BCUT2D eigenvalue weighted by atomic mass is 16.5. The average Bonchev–Trinajstić information content (AvgIpc) is 1.77. The molecule has 0 aromatic heterocycles. The Morgan fingerprint density at radius 1 is 1.88 bits per heavy atom. The summed E-state index contributed by atoms with van der Waals surface area (Å²) in [6.07, 6.45) is -0.247. The first-order valence-corrected chi connectivity index (χ1v) is 2.70. The topological polar surface area (TPSA) is 38.3 Å². The second-order valence-electron chi connectivity index (χ2n) is 1.80. The normalized spacial score (nSPS) is 29.6. The van der Waals surface area contributed by atoms with Crippen molar-refractivity contribution in [3.63, 3.8) is 0 Å². The van der Waals surface area contributed by atoms with Crippen LogP contribution >= 0.6 is 0 Å². The fourth-order valence-electron chi connectivity index (χ4n) is 0.629. The number of hydrogen-bond donors (Lipinski definition) is 1. The standard InChI is InChI=1S/C5H9NO2/c1-4-5(7)6-2-3-8-4/h4H,2-3H2,1H3,(H,6,7)/t4-/m0/s1. The van der Waals surface area contributed by atoms with E-state index in [1.54, 1.807) is 6.92 Å². The van der Waals surface area contributed by atoms with Gasteiger partial charge in [-0.15, -0.1) is 0 Å². The molecule has 0 radical (unpaired) electrons. The fourth-order valence-corrected chi connectivity index (χ4v) is 0.629. The lowest BCUT2D eigenvalue weighted by molar-refractivity contribution is -0.136. The van der Waals surface area contributed by atoms with Gasteiger partial charge in [-0.2, -0.15) is 0 Å². The van der Waals surface area contributed by atoms with Gasteiger partial charge < -0.3 is 10.1 Å². The quantitative estimate of drug-likeness (QED) is 0.463. The maximum absolute atomic E-state index is 10.6. The Morgan fingerprint density at radius 3 is 3.00 bits per heavy atom. The summed E-state index contributed by atoms with van der Waals surface area (Å²) in [6, 6.07) is 0. The maximum atomic E-state index is 10.6. The number of hydrogen-bond acceptors (Lipinski definition) is 2. The van der Waals surface area contributed by atoms with Gasteiger partial charge in [0, 0.05) is 6.54 Å². The Balaban J connectivity index is 2.39. The van der Waals surface area contributed by atoms with Crippen molar-refractivity contribution >= 4 is 5.91 Å². The van der Waals surface area contributed by atoms with Gasteiger partial charge in [0.1, 0.15) is 6.10 Å². The molecule has 0 aromatic carbocycles. The van der Waals surface area contributed by atoms with Crippen molar-refractivity contribution in [1.29, 1.82) is 0 Å². The molecule has 0 unspecified atom stereocenters. The molecule has 0 aromatic rings. The van der Waals surface area contributed by atoms with E-state index in [9.17, 15) is 4.79 Å². The van der Waals surface area contributed by atoms with Crippen LogP contribution in [0.5, 0.6) is 0 Å². The van der Waals surface area contributed by atoms with Crippen LogP contribution in [0.2, 0.25) is 0 Å². The van der Waals surface area contributed by atoms with Gasteiger partial charge in [0.25, 0.3) is 0 Å². The van der Waals surface area contributed by atoms with Gasteiger partial charge in [-0.1, -0.05) is 0 Å². The molecule has 8 heavy (non-hydrogen) atoms. The number of carbonyl (C=O) groups excluding carboxylic acids is 1. The SMILES string of the molecule is C[C@@H]1OCCNC1=O. The van der Waals surface area contributed by atoms with Gasteiger partial charge >= 0.3 is 0 Å². The zero-order chi connectivity index (χ0) is 5.98. The number of rotatable bonds is 0. The molecule has 1 heterocycles. The number of morpholine rings is 1. The van der Waals surface area contributed by atoms with Crippen molar-refractivity contribution < 1.29 is 9.53 Å². The Morgan fingerprint density at radius 2 is 2.62 bits per heavy atom. The lowest BCUT2D eigenvalue weighted by atomic mass is 10.3. The van der Waals surface area contributed by atoms with Crippen molar-refractivity contribution in [1.82, 2.24) is 5.32 Å². The van der Waals surface area contributed by atoms with Crippen LogP contribution in [0, 0.1) is 0 Å². The predicted octanol–water partition coefficient (Wildman–Crippen LogP) is -0.479. The Bertz CT molecular complexity index is 103. The second-order valence-corrected chi connectivity index (χ2v) is 1.80. The Kier molecular flexibility index (Phi) is 1.48. The molecule has 1 aliphatic heterocycles. The van der Waals surface area contributed by atoms with Gasteiger partial charge in [-0.25, -0.2) is 0 Å². The van der Waals surface area contributed by atoms with E-state index in [4.69, 9.17) is 4.74 Å². The molecule has 1 atom stereocenters. The molecule has 1 saturated heterocycles. The van der Waals surface area contributed by atoms with E-state index in [0.29, 0.717) is 13.2 Å². The zero-order valence-corrected chi connectivity index (χ0v) is 4.81. The molecular weight excluding hydrogens is 106 g/mol. The lowest BCUT2D eigenvalue weighted by Crippen LogP contribution is -2.42. The largest absolute Gasteiger partial charge is 0.367 e. The van der Waals surface area contributed by atoms with E-state index in [2.05, 4.69) is 5.32 Å². The highest BCUT2D eigenvalue weighted by Gasteiger charge is 2.15. The first-order chi connectivity index (χ1) is 3.80. The third kappa shape index (κ3) is 0.980. The molecule has 1 amide bonds. The summed E-state index contributed by atoms with van der Waals surface area (Å²) >= 11 is 0. The highest BCUT2D eigenvalue weighted by molar-refractivity contribution is 5.80. The minimum atomic E-state index is -0.247. The van der Waals surface area contributed by atoms with Gasteiger partial charge in [-0.3, -0.25) is 4.79 Å². The van der Waals surface area contributed by atoms with Crippen molar-refractivity contribution in [2.75, 3.05) is 13.2 Å². The zero-order valence-electron chi connectivity index (χ0n) is 4.81. The molecule has 3 nitrogen and oxygen atoms in total. The summed E-state index contributed by atoms with van der Waals surface area (Å²) in [5.74, 6) is -0.00347. The van der Waals surface area contributed by atoms with E-state index in [0.717, 1.165) is 0 Å². The number of nitrogens with one attached hydrogen (secondary N) is 1. The summed E-state index contributed by atoms with van der Waals surface area (Å²) in [5, 5.41) is 2.67. The number of carbonyl (C=O) groups is 1. The number of amides is 1. The van der Waals surface area contributed by atoms with Crippen molar-refractivity contribution in [3.8, 4) is 0 Å². The Hall–Kier alpha value is -0.570. The molecule has 1 rings (SSSR count). The van der Waals surface area contributed by atoms with Crippen LogP contribution in [0.25, 0.3) is 0 Å². The van der Waals surface area contributed by atoms with E-state index >= 15 is 0 Å². The van der Waals surface area contributed by atoms with Crippen LogP contribution in [-0.4, -0.2) is 25.2 Å². The molecule has 1 N–H and O–H groups in total. The monoisotopic (exact) mass is 115 g/mol. The van der Waals surface area contributed by atoms with Gasteiger partial charge in [0.15, 0.2) is 0 Å². The molecule has 0 spiro atoms. The Labute approximate surface area is 48.0 Å². The molecule has 3 heteroatoms. The third-order valence-corrected chi connectivity index (χ3v) is 1.14. The van der Waals surface area contributed by atoms with Gasteiger partial charge in [-0.05, 0) is 6.92 Å². The molecular formula is C5H9NO2. The van der Waals surface area contributed by atoms with Crippen molar-refractivity contribution in [3.05, 3.63) is 0 Å². The summed E-state index contributed by atoms with van der Waals surface area (Å²) in [6.45, 7) is 3.05.